The van der Waals surface area contributed by atoms with Crippen LogP contribution in [0.5, 0.6) is 0 Å². The molecule has 0 aliphatic rings. The fraction of sp³-hybridized carbons (Fsp3) is 0.250. The normalized spacial score (nSPS) is 10.9. The Morgan fingerprint density at radius 3 is 3.08 bits per heavy atom. The van der Waals surface area contributed by atoms with Gasteiger partial charge in [0.1, 0.15) is 10.8 Å². The number of fused-ring (bicyclic) bond motifs is 1. The maximum atomic E-state index is 5.81. The minimum Gasteiger partial charge on any atom is -0.394 e. The first-order valence-corrected chi connectivity index (χ1v) is 4.39. The molecule has 0 bridgehead atoms. The molecule has 0 amide bonds. The molecule has 13 heavy (non-hydrogen) atoms. The molecule has 0 saturated heterocycles. The Morgan fingerprint density at radius 1 is 1.62 bits per heavy atom. The maximum absolute atomic E-state index is 5.81. The highest BCUT2D eigenvalue weighted by Crippen LogP contribution is 2.18. The minimum atomic E-state index is 0.432. The van der Waals surface area contributed by atoms with E-state index in [1.54, 1.807) is 16.8 Å². The second kappa shape index (κ2) is 2.88. The number of nitrogens with two attached hydrogens (primary N) is 1. The smallest absolute Gasteiger partial charge is 0.180 e. The molecule has 2 heterocycles. The molecule has 0 aliphatic carbocycles. The third-order valence-corrected chi connectivity index (χ3v) is 2.11. The summed E-state index contributed by atoms with van der Waals surface area (Å²) in [6, 6.07) is 1.68. The van der Waals surface area contributed by atoms with Crippen LogP contribution in [0.25, 0.3) is 5.65 Å². The molecule has 0 radical (unpaired) electrons. The van der Waals surface area contributed by atoms with Gasteiger partial charge in [0.05, 0.1) is 5.69 Å². The lowest BCUT2D eigenvalue weighted by atomic mass is 10.3. The third-order valence-electron chi connectivity index (χ3n) is 1.90. The van der Waals surface area contributed by atoms with Crippen LogP contribution in [0.4, 0.5) is 5.69 Å². The number of nitrogen functional groups attached to an aromatic ring is 1. The van der Waals surface area contributed by atoms with Crippen molar-refractivity contribution in [3.63, 3.8) is 0 Å². The molecule has 2 aromatic rings. The third kappa shape index (κ3) is 1.23. The van der Waals surface area contributed by atoms with E-state index in [1.165, 1.54) is 0 Å². The van der Waals surface area contributed by atoms with Gasteiger partial charge in [0, 0.05) is 6.20 Å². The van der Waals surface area contributed by atoms with E-state index in [9.17, 15) is 0 Å². The monoisotopic (exact) mass is 196 g/mol. The second-order valence-electron chi connectivity index (χ2n) is 2.73. The SMILES string of the molecule is CCc1nn2ccc(Cl)nc2c1N. The largest absolute Gasteiger partial charge is 0.394 e. The molecule has 68 valence electrons. The van der Waals surface area contributed by atoms with Crippen molar-refractivity contribution < 1.29 is 0 Å². The standard InChI is InChI=1S/C8H9ClN4/c1-2-5-7(10)8-11-6(9)3-4-13(8)12-5/h3-4H,2,10H2,1H3. The van der Waals surface area contributed by atoms with Crippen LogP contribution in [0.2, 0.25) is 5.15 Å². The Morgan fingerprint density at radius 2 is 2.38 bits per heavy atom. The van der Waals surface area contributed by atoms with Gasteiger partial charge in [-0.25, -0.2) is 9.50 Å². The number of hydrogen-bond acceptors (Lipinski definition) is 3. The molecule has 0 atom stereocenters. The van der Waals surface area contributed by atoms with Gasteiger partial charge in [-0.3, -0.25) is 0 Å². The second-order valence-corrected chi connectivity index (χ2v) is 3.12. The first kappa shape index (κ1) is 8.31. The van der Waals surface area contributed by atoms with Crippen molar-refractivity contribution in [2.45, 2.75) is 13.3 Å². The molecule has 5 heteroatoms. The van der Waals surface area contributed by atoms with Gasteiger partial charge in [0.2, 0.25) is 0 Å². The first-order chi connectivity index (χ1) is 6.22. The average Bonchev–Trinajstić information content (AvgIpc) is 2.44. The zero-order valence-electron chi connectivity index (χ0n) is 7.16. The predicted octanol–water partition coefficient (Wildman–Crippen LogP) is 1.53. The van der Waals surface area contributed by atoms with E-state index in [0.29, 0.717) is 16.5 Å². The van der Waals surface area contributed by atoms with Crippen molar-refractivity contribution in [2.24, 2.45) is 0 Å². The molecule has 0 spiro atoms. The lowest BCUT2D eigenvalue weighted by molar-refractivity contribution is 0.887. The summed E-state index contributed by atoms with van der Waals surface area (Å²) < 4.78 is 1.64. The number of halogens is 1. The van der Waals surface area contributed by atoms with Crippen molar-refractivity contribution in [3.05, 3.63) is 23.1 Å². The van der Waals surface area contributed by atoms with Crippen LogP contribution >= 0.6 is 11.6 Å². The van der Waals surface area contributed by atoms with Crippen LogP contribution in [0.15, 0.2) is 12.3 Å². The average molecular weight is 197 g/mol. The van der Waals surface area contributed by atoms with E-state index in [4.69, 9.17) is 17.3 Å². The molecule has 0 fully saturated rings. The Labute approximate surface area is 80.3 Å². The fourth-order valence-electron chi connectivity index (χ4n) is 1.23. The van der Waals surface area contributed by atoms with Crippen LogP contribution in [0, 0.1) is 0 Å². The summed E-state index contributed by atoms with van der Waals surface area (Å²) in [5.74, 6) is 0. The van der Waals surface area contributed by atoms with E-state index in [-0.39, 0.29) is 0 Å². The molecule has 0 saturated carbocycles. The predicted molar refractivity (Wildman–Crippen MR) is 51.8 cm³/mol. The number of aromatic nitrogens is 3. The molecule has 4 nitrogen and oxygen atoms in total. The van der Waals surface area contributed by atoms with Gasteiger partial charge in [-0.1, -0.05) is 18.5 Å². The highest BCUT2D eigenvalue weighted by atomic mass is 35.5. The van der Waals surface area contributed by atoms with Crippen molar-refractivity contribution in [1.29, 1.82) is 0 Å². The van der Waals surface area contributed by atoms with Crippen LogP contribution in [0.3, 0.4) is 0 Å². The van der Waals surface area contributed by atoms with Crippen molar-refractivity contribution in [3.8, 4) is 0 Å². The Balaban J connectivity index is 2.77. The van der Waals surface area contributed by atoms with E-state index >= 15 is 0 Å². The van der Waals surface area contributed by atoms with E-state index < -0.39 is 0 Å². The van der Waals surface area contributed by atoms with Crippen LogP contribution in [0.1, 0.15) is 12.6 Å². The van der Waals surface area contributed by atoms with Crippen LogP contribution in [-0.2, 0) is 6.42 Å². The van der Waals surface area contributed by atoms with Crippen molar-refractivity contribution in [1.82, 2.24) is 14.6 Å². The summed E-state index contributed by atoms with van der Waals surface area (Å²) in [5.41, 5.74) is 7.91. The van der Waals surface area contributed by atoms with Gasteiger partial charge in [0.15, 0.2) is 5.65 Å². The molecule has 2 N–H and O–H groups in total. The highest BCUT2D eigenvalue weighted by Gasteiger charge is 2.08. The number of anilines is 1. The summed E-state index contributed by atoms with van der Waals surface area (Å²) in [6.45, 7) is 2.00. The molecular weight excluding hydrogens is 188 g/mol. The van der Waals surface area contributed by atoms with Gasteiger partial charge < -0.3 is 5.73 Å². The molecule has 0 aliphatic heterocycles. The first-order valence-electron chi connectivity index (χ1n) is 4.01. The summed E-state index contributed by atoms with van der Waals surface area (Å²) in [6.07, 6.45) is 2.55. The van der Waals surface area contributed by atoms with E-state index in [1.807, 2.05) is 6.92 Å². The number of aryl methyl sites for hydroxylation is 1. The Hall–Kier alpha value is -1.29. The Bertz CT molecular complexity index is 449. The minimum absolute atomic E-state index is 0.432. The van der Waals surface area contributed by atoms with Gasteiger partial charge in [0.25, 0.3) is 0 Å². The zero-order chi connectivity index (χ0) is 9.42. The van der Waals surface area contributed by atoms with Gasteiger partial charge in [-0.15, -0.1) is 0 Å². The Kier molecular flexibility index (Phi) is 1.84. The maximum Gasteiger partial charge on any atom is 0.180 e. The lowest BCUT2D eigenvalue weighted by Crippen LogP contribution is -1.91. The zero-order valence-corrected chi connectivity index (χ0v) is 7.91. The van der Waals surface area contributed by atoms with Gasteiger partial charge in [-0.05, 0) is 12.5 Å². The molecular formula is C8H9ClN4. The lowest BCUT2D eigenvalue weighted by Gasteiger charge is -1.92. The fourth-order valence-corrected chi connectivity index (χ4v) is 1.37. The summed E-state index contributed by atoms with van der Waals surface area (Å²) in [5, 5.41) is 4.67. The van der Waals surface area contributed by atoms with Gasteiger partial charge >= 0.3 is 0 Å². The molecule has 2 rings (SSSR count). The summed E-state index contributed by atoms with van der Waals surface area (Å²) in [4.78, 5) is 4.08. The van der Waals surface area contributed by atoms with E-state index in [0.717, 1.165) is 12.1 Å². The molecule has 2 aromatic heterocycles. The van der Waals surface area contributed by atoms with Crippen LogP contribution in [-0.4, -0.2) is 14.6 Å². The van der Waals surface area contributed by atoms with Crippen molar-refractivity contribution in [2.75, 3.05) is 5.73 Å². The van der Waals surface area contributed by atoms with Crippen LogP contribution < -0.4 is 5.73 Å². The van der Waals surface area contributed by atoms with Crippen molar-refractivity contribution >= 4 is 22.9 Å². The number of nitrogens with zero attached hydrogens (tertiary/aromatic N) is 3. The molecule has 0 aromatic carbocycles. The topological polar surface area (TPSA) is 56.2 Å². The molecule has 0 unspecified atom stereocenters. The number of rotatable bonds is 1. The summed E-state index contributed by atoms with van der Waals surface area (Å²) >= 11 is 5.74. The van der Waals surface area contributed by atoms with Gasteiger partial charge in [-0.2, -0.15) is 5.10 Å². The highest BCUT2D eigenvalue weighted by molar-refractivity contribution is 6.29. The number of hydrogen-bond donors (Lipinski definition) is 1. The quantitative estimate of drug-likeness (QED) is 0.704. The summed E-state index contributed by atoms with van der Waals surface area (Å²) in [7, 11) is 0. The van der Waals surface area contributed by atoms with E-state index in [2.05, 4.69) is 10.1 Å².